The largest absolute Gasteiger partial charge is 0.297 e. The Balaban J connectivity index is 2.22. The van der Waals surface area contributed by atoms with Gasteiger partial charge >= 0.3 is 0 Å². The number of carbonyl (C=O) groups excluding carboxylic acids is 1. The van der Waals surface area contributed by atoms with Gasteiger partial charge in [-0.05, 0) is 35.4 Å². The average Bonchev–Trinajstić information content (AvgIpc) is 2.81. The summed E-state index contributed by atoms with van der Waals surface area (Å²) < 4.78 is 1.78. The normalized spacial score (nSPS) is 10.6. The molecule has 3 rings (SSSR count). The van der Waals surface area contributed by atoms with E-state index < -0.39 is 0 Å². The fourth-order valence-electron chi connectivity index (χ4n) is 1.80. The molecule has 17 heavy (non-hydrogen) atoms. The van der Waals surface area contributed by atoms with E-state index in [0.717, 1.165) is 23.1 Å². The lowest BCUT2D eigenvalue weighted by Gasteiger charge is -2.02. The number of imidazole rings is 1. The molecule has 3 aromatic rings. The SMILES string of the molecule is O=Cc1cnc2ccc(-c3ccncc3)cn12. The highest BCUT2D eigenvalue weighted by atomic mass is 16.1. The molecule has 0 saturated carbocycles. The van der Waals surface area contributed by atoms with Gasteiger partial charge in [-0.2, -0.15) is 0 Å². The van der Waals surface area contributed by atoms with Crippen LogP contribution in [0.15, 0.2) is 49.1 Å². The predicted octanol–water partition coefficient (Wildman–Crippen LogP) is 2.21. The van der Waals surface area contributed by atoms with Gasteiger partial charge in [0, 0.05) is 18.6 Å². The van der Waals surface area contributed by atoms with Crippen molar-refractivity contribution in [2.24, 2.45) is 0 Å². The summed E-state index contributed by atoms with van der Waals surface area (Å²) in [5.41, 5.74) is 3.41. The number of nitrogens with zero attached hydrogens (tertiary/aromatic N) is 3. The van der Waals surface area contributed by atoms with E-state index in [9.17, 15) is 4.79 Å². The molecule has 0 unspecified atom stereocenters. The van der Waals surface area contributed by atoms with Gasteiger partial charge in [-0.25, -0.2) is 4.98 Å². The Morgan fingerprint density at radius 3 is 2.65 bits per heavy atom. The van der Waals surface area contributed by atoms with Gasteiger partial charge < -0.3 is 0 Å². The van der Waals surface area contributed by atoms with E-state index in [1.165, 1.54) is 0 Å². The monoisotopic (exact) mass is 223 g/mol. The Morgan fingerprint density at radius 1 is 1.06 bits per heavy atom. The number of aromatic nitrogens is 3. The lowest BCUT2D eigenvalue weighted by atomic mass is 10.1. The summed E-state index contributed by atoms with van der Waals surface area (Å²) >= 11 is 0. The van der Waals surface area contributed by atoms with Crippen LogP contribution in [0.1, 0.15) is 10.5 Å². The van der Waals surface area contributed by atoms with Crippen molar-refractivity contribution in [3.8, 4) is 11.1 Å². The molecule has 0 amide bonds. The second kappa shape index (κ2) is 3.83. The quantitative estimate of drug-likeness (QED) is 0.626. The van der Waals surface area contributed by atoms with Crippen molar-refractivity contribution in [1.82, 2.24) is 14.4 Å². The number of aldehydes is 1. The van der Waals surface area contributed by atoms with Crippen LogP contribution in [-0.4, -0.2) is 20.7 Å². The van der Waals surface area contributed by atoms with E-state index >= 15 is 0 Å². The van der Waals surface area contributed by atoms with Gasteiger partial charge in [0.2, 0.25) is 0 Å². The van der Waals surface area contributed by atoms with Crippen molar-refractivity contribution in [3.05, 3.63) is 54.7 Å². The molecule has 3 aromatic heterocycles. The Hall–Kier alpha value is -2.49. The van der Waals surface area contributed by atoms with Crippen LogP contribution in [0.25, 0.3) is 16.8 Å². The maximum atomic E-state index is 10.9. The molecule has 0 fully saturated rings. The molecule has 82 valence electrons. The molecule has 0 bridgehead atoms. The van der Waals surface area contributed by atoms with Crippen LogP contribution < -0.4 is 0 Å². The molecule has 3 heterocycles. The molecule has 0 spiro atoms. The minimum atomic E-state index is 0.552. The number of pyridine rings is 2. The molecular formula is C13H9N3O. The van der Waals surface area contributed by atoms with Crippen LogP contribution in [0.2, 0.25) is 0 Å². The van der Waals surface area contributed by atoms with Crippen molar-refractivity contribution >= 4 is 11.9 Å². The summed E-state index contributed by atoms with van der Waals surface area (Å²) in [4.78, 5) is 19.0. The van der Waals surface area contributed by atoms with Crippen molar-refractivity contribution in [3.63, 3.8) is 0 Å². The standard InChI is InChI=1S/C13H9N3O/c17-9-12-7-15-13-2-1-11(8-16(12)13)10-3-5-14-6-4-10/h1-9H. The molecule has 0 aliphatic carbocycles. The van der Waals surface area contributed by atoms with E-state index in [1.54, 1.807) is 23.0 Å². The number of hydrogen-bond acceptors (Lipinski definition) is 3. The molecule has 0 saturated heterocycles. The molecule has 0 aromatic carbocycles. The second-order valence-corrected chi connectivity index (χ2v) is 3.68. The van der Waals surface area contributed by atoms with Gasteiger partial charge in [0.1, 0.15) is 11.3 Å². The third kappa shape index (κ3) is 1.59. The molecule has 0 aliphatic heterocycles. The van der Waals surface area contributed by atoms with Crippen molar-refractivity contribution in [2.75, 3.05) is 0 Å². The molecule has 4 heteroatoms. The second-order valence-electron chi connectivity index (χ2n) is 3.68. The Bertz CT molecular complexity index is 673. The Morgan fingerprint density at radius 2 is 1.88 bits per heavy atom. The third-order valence-electron chi connectivity index (χ3n) is 2.67. The van der Waals surface area contributed by atoms with Crippen LogP contribution in [0, 0.1) is 0 Å². The molecule has 0 aliphatic rings. The maximum Gasteiger partial charge on any atom is 0.168 e. The van der Waals surface area contributed by atoms with Gasteiger partial charge in [-0.1, -0.05) is 0 Å². The minimum absolute atomic E-state index is 0.552. The highest BCUT2D eigenvalue weighted by Gasteiger charge is 2.03. The smallest absolute Gasteiger partial charge is 0.168 e. The summed E-state index contributed by atoms with van der Waals surface area (Å²) in [6, 6.07) is 7.73. The molecule has 0 N–H and O–H groups in total. The number of fused-ring (bicyclic) bond motifs is 1. The van der Waals surface area contributed by atoms with Crippen LogP contribution in [0.5, 0.6) is 0 Å². The first-order valence-electron chi connectivity index (χ1n) is 5.21. The average molecular weight is 223 g/mol. The van der Waals surface area contributed by atoms with Gasteiger partial charge in [0.15, 0.2) is 6.29 Å². The molecular weight excluding hydrogens is 214 g/mol. The van der Waals surface area contributed by atoms with Crippen LogP contribution >= 0.6 is 0 Å². The fraction of sp³-hybridized carbons (Fsp3) is 0. The van der Waals surface area contributed by atoms with E-state index in [2.05, 4.69) is 9.97 Å². The summed E-state index contributed by atoms with van der Waals surface area (Å²) in [5, 5.41) is 0. The predicted molar refractivity (Wildman–Crippen MR) is 63.8 cm³/mol. The highest BCUT2D eigenvalue weighted by molar-refractivity contribution is 5.75. The van der Waals surface area contributed by atoms with Gasteiger partial charge in [0.05, 0.1) is 6.20 Å². The molecule has 0 radical (unpaired) electrons. The lowest BCUT2D eigenvalue weighted by Crippen LogP contribution is -1.91. The zero-order valence-corrected chi connectivity index (χ0v) is 8.95. The van der Waals surface area contributed by atoms with E-state index in [-0.39, 0.29) is 0 Å². The Labute approximate surface area is 97.6 Å². The maximum absolute atomic E-state index is 10.9. The first-order valence-corrected chi connectivity index (χ1v) is 5.21. The van der Waals surface area contributed by atoms with Crippen LogP contribution in [0.4, 0.5) is 0 Å². The first kappa shape index (κ1) is 9.72. The third-order valence-corrected chi connectivity index (χ3v) is 2.67. The van der Waals surface area contributed by atoms with Crippen LogP contribution in [0.3, 0.4) is 0 Å². The van der Waals surface area contributed by atoms with Crippen LogP contribution in [-0.2, 0) is 0 Å². The topological polar surface area (TPSA) is 47.3 Å². The Kier molecular flexibility index (Phi) is 2.19. The first-order chi connectivity index (χ1) is 8.38. The summed E-state index contributed by atoms with van der Waals surface area (Å²) in [5.74, 6) is 0. The van der Waals surface area contributed by atoms with E-state index in [4.69, 9.17) is 0 Å². The van der Waals surface area contributed by atoms with Gasteiger partial charge in [-0.3, -0.25) is 14.2 Å². The van der Waals surface area contributed by atoms with Crippen molar-refractivity contribution in [2.45, 2.75) is 0 Å². The number of carbonyl (C=O) groups is 1. The van der Waals surface area contributed by atoms with Crippen molar-refractivity contribution < 1.29 is 4.79 Å². The van der Waals surface area contributed by atoms with E-state index in [0.29, 0.717) is 5.69 Å². The summed E-state index contributed by atoms with van der Waals surface area (Å²) in [6.07, 6.45) is 7.76. The zero-order chi connectivity index (χ0) is 11.7. The fourth-order valence-corrected chi connectivity index (χ4v) is 1.80. The summed E-state index contributed by atoms with van der Waals surface area (Å²) in [6.45, 7) is 0. The minimum Gasteiger partial charge on any atom is -0.297 e. The highest BCUT2D eigenvalue weighted by Crippen LogP contribution is 2.19. The van der Waals surface area contributed by atoms with Gasteiger partial charge in [0.25, 0.3) is 0 Å². The van der Waals surface area contributed by atoms with Crippen molar-refractivity contribution in [1.29, 1.82) is 0 Å². The molecule has 0 atom stereocenters. The van der Waals surface area contributed by atoms with E-state index in [1.807, 2.05) is 30.5 Å². The zero-order valence-electron chi connectivity index (χ0n) is 8.95. The summed E-state index contributed by atoms with van der Waals surface area (Å²) in [7, 11) is 0. The lowest BCUT2D eigenvalue weighted by molar-refractivity contribution is 0.111. The number of rotatable bonds is 2. The molecule has 4 nitrogen and oxygen atoms in total. The number of hydrogen-bond donors (Lipinski definition) is 0. The van der Waals surface area contributed by atoms with Gasteiger partial charge in [-0.15, -0.1) is 0 Å².